The Morgan fingerprint density at radius 1 is 1.71 bits per heavy atom. The minimum absolute atomic E-state index is 0.187. The summed E-state index contributed by atoms with van der Waals surface area (Å²) >= 11 is 0. The molecule has 0 fully saturated rings. The van der Waals surface area contributed by atoms with Gasteiger partial charge in [-0.05, 0) is 6.92 Å². The van der Waals surface area contributed by atoms with Crippen LogP contribution in [0.2, 0.25) is 0 Å². The van der Waals surface area contributed by atoms with Crippen LogP contribution in [0, 0.1) is 6.92 Å². The van der Waals surface area contributed by atoms with Crippen LogP contribution in [-0.4, -0.2) is 20.6 Å². The van der Waals surface area contributed by atoms with Crippen LogP contribution in [-0.2, 0) is 11.3 Å². The number of carboxylic acid groups (broad SMARTS) is 1. The average Bonchev–Trinajstić information content (AvgIpc) is 2.08. The summed E-state index contributed by atoms with van der Waals surface area (Å²) in [6.07, 6.45) is 3.77. The monoisotopic (exact) mass is 194 g/mol. The minimum atomic E-state index is -1.03. The van der Waals surface area contributed by atoms with Gasteiger partial charge in [-0.15, -0.1) is 0 Å². The number of carboxylic acids is 1. The number of aromatic nitrogens is 2. The highest BCUT2D eigenvalue weighted by atomic mass is 16.4. The number of carbonyl (C=O) groups is 1. The normalized spacial score (nSPS) is 10.6. The Balaban J connectivity index is 2.78. The van der Waals surface area contributed by atoms with Crippen molar-refractivity contribution >= 4 is 5.97 Å². The number of aliphatic carboxylic acids is 1. The highest BCUT2D eigenvalue weighted by molar-refractivity contribution is 5.79. The molecule has 0 saturated heterocycles. The van der Waals surface area contributed by atoms with Crippen molar-refractivity contribution in [2.75, 3.05) is 0 Å². The molecule has 1 heterocycles. The maximum absolute atomic E-state index is 11.3. The third-order valence-electron chi connectivity index (χ3n) is 1.58. The lowest BCUT2D eigenvalue weighted by Gasteiger charge is -1.99. The number of nitrogens with zero attached hydrogens (tertiary/aromatic N) is 2. The van der Waals surface area contributed by atoms with Crippen LogP contribution in [0.4, 0.5) is 0 Å². The lowest BCUT2D eigenvalue weighted by Crippen LogP contribution is -2.19. The van der Waals surface area contributed by atoms with Crippen molar-refractivity contribution in [2.24, 2.45) is 0 Å². The van der Waals surface area contributed by atoms with Crippen molar-refractivity contribution < 1.29 is 9.90 Å². The molecule has 0 unspecified atom stereocenters. The van der Waals surface area contributed by atoms with Crippen LogP contribution in [0.15, 0.2) is 29.3 Å². The molecule has 0 aliphatic carbocycles. The van der Waals surface area contributed by atoms with Gasteiger partial charge < -0.3 is 5.11 Å². The van der Waals surface area contributed by atoms with Gasteiger partial charge in [-0.1, -0.05) is 6.08 Å². The summed E-state index contributed by atoms with van der Waals surface area (Å²) < 4.78 is 1.33. The summed E-state index contributed by atoms with van der Waals surface area (Å²) in [5.74, 6) is -1.03. The molecule has 0 spiro atoms. The molecule has 1 aromatic rings. The van der Waals surface area contributed by atoms with Crippen molar-refractivity contribution in [3.8, 4) is 0 Å². The van der Waals surface area contributed by atoms with Crippen LogP contribution >= 0.6 is 0 Å². The Kier molecular flexibility index (Phi) is 3.17. The Bertz CT molecular complexity index is 420. The zero-order chi connectivity index (χ0) is 10.6. The topological polar surface area (TPSA) is 72.2 Å². The Morgan fingerprint density at radius 2 is 2.43 bits per heavy atom. The van der Waals surface area contributed by atoms with Gasteiger partial charge in [0.05, 0.1) is 6.33 Å². The van der Waals surface area contributed by atoms with E-state index < -0.39 is 5.97 Å². The van der Waals surface area contributed by atoms with E-state index in [2.05, 4.69) is 4.98 Å². The maximum atomic E-state index is 11.3. The smallest absolute Gasteiger partial charge is 0.328 e. The zero-order valence-corrected chi connectivity index (χ0v) is 7.67. The van der Waals surface area contributed by atoms with Crippen molar-refractivity contribution in [3.05, 3.63) is 40.6 Å². The Hall–Kier alpha value is -1.91. The van der Waals surface area contributed by atoms with Crippen LogP contribution in [0.5, 0.6) is 0 Å². The Labute approximate surface area is 80.3 Å². The molecule has 1 aromatic heterocycles. The molecule has 14 heavy (non-hydrogen) atoms. The molecule has 0 aromatic carbocycles. The second-order valence-corrected chi connectivity index (χ2v) is 2.76. The maximum Gasteiger partial charge on any atom is 0.328 e. The van der Waals surface area contributed by atoms with E-state index in [4.69, 9.17) is 5.11 Å². The molecule has 0 saturated carbocycles. The standard InChI is InChI=1S/C9H10N2O3/c1-7-5-8(12)11(6-10-7)4-2-3-9(13)14/h2-3,5-6H,4H2,1H3,(H,13,14). The van der Waals surface area contributed by atoms with Gasteiger partial charge >= 0.3 is 5.97 Å². The first-order chi connectivity index (χ1) is 6.59. The SMILES string of the molecule is Cc1cc(=O)n(CC=CC(=O)O)cn1. The molecule has 0 radical (unpaired) electrons. The molecule has 0 bridgehead atoms. The van der Waals surface area contributed by atoms with Crippen LogP contribution in [0.3, 0.4) is 0 Å². The van der Waals surface area contributed by atoms with Gasteiger partial charge in [-0.3, -0.25) is 9.36 Å². The van der Waals surface area contributed by atoms with Gasteiger partial charge in [0.2, 0.25) is 0 Å². The third kappa shape index (κ3) is 2.85. The van der Waals surface area contributed by atoms with Crippen LogP contribution < -0.4 is 5.56 Å². The summed E-state index contributed by atoms with van der Waals surface area (Å²) in [6.45, 7) is 1.94. The van der Waals surface area contributed by atoms with E-state index in [9.17, 15) is 9.59 Å². The highest BCUT2D eigenvalue weighted by Gasteiger charge is 1.94. The van der Waals surface area contributed by atoms with E-state index in [0.717, 1.165) is 6.08 Å². The van der Waals surface area contributed by atoms with E-state index in [1.54, 1.807) is 6.92 Å². The second kappa shape index (κ2) is 4.36. The number of hydrogen-bond donors (Lipinski definition) is 1. The lowest BCUT2D eigenvalue weighted by atomic mass is 10.4. The summed E-state index contributed by atoms with van der Waals surface area (Å²) in [5.41, 5.74) is 0.459. The molecular formula is C9H10N2O3. The first-order valence-corrected chi connectivity index (χ1v) is 4.02. The average molecular weight is 194 g/mol. The molecule has 5 nitrogen and oxygen atoms in total. The highest BCUT2D eigenvalue weighted by Crippen LogP contribution is 1.86. The van der Waals surface area contributed by atoms with E-state index >= 15 is 0 Å². The molecule has 5 heteroatoms. The van der Waals surface area contributed by atoms with Gasteiger partial charge in [-0.25, -0.2) is 9.78 Å². The zero-order valence-electron chi connectivity index (χ0n) is 7.67. The molecular weight excluding hydrogens is 184 g/mol. The van der Waals surface area contributed by atoms with Crippen molar-refractivity contribution in [1.82, 2.24) is 9.55 Å². The summed E-state index contributed by atoms with van der Waals surface area (Å²) in [4.78, 5) is 25.3. The van der Waals surface area contributed by atoms with Crippen molar-refractivity contribution in [1.29, 1.82) is 0 Å². The lowest BCUT2D eigenvalue weighted by molar-refractivity contribution is -0.131. The van der Waals surface area contributed by atoms with Gasteiger partial charge in [0, 0.05) is 24.4 Å². The van der Waals surface area contributed by atoms with E-state index in [-0.39, 0.29) is 12.1 Å². The fourth-order valence-electron chi connectivity index (χ4n) is 0.921. The van der Waals surface area contributed by atoms with Crippen molar-refractivity contribution in [2.45, 2.75) is 13.5 Å². The first kappa shape index (κ1) is 10.2. The van der Waals surface area contributed by atoms with E-state index in [1.165, 1.54) is 23.0 Å². The largest absolute Gasteiger partial charge is 0.478 e. The minimum Gasteiger partial charge on any atom is -0.478 e. The number of aryl methyl sites for hydroxylation is 1. The summed E-state index contributed by atoms with van der Waals surface area (Å²) in [6, 6.07) is 1.40. The third-order valence-corrected chi connectivity index (χ3v) is 1.58. The number of allylic oxidation sites excluding steroid dienone is 1. The van der Waals surface area contributed by atoms with E-state index in [0.29, 0.717) is 5.69 Å². The molecule has 1 N–H and O–H groups in total. The fourth-order valence-corrected chi connectivity index (χ4v) is 0.921. The van der Waals surface area contributed by atoms with Gasteiger partial charge in [0.1, 0.15) is 0 Å². The van der Waals surface area contributed by atoms with Gasteiger partial charge in [0.15, 0.2) is 0 Å². The molecule has 0 aliphatic rings. The summed E-state index contributed by atoms with van der Waals surface area (Å²) in [7, 11) is 0. The molecule has 0 atom stereocenters. The molecule has 1 rings (SSSR count). The van der Waals surface area contributed by atoms with Crippen molar-refractivity contribution in [3.63, 3.8) is 0 Å². The number of hydrogen-bond acceptors (Lipinski definition) is 3. The molecule has 0 aliphatic heterocycles. The molecule has 74 valence electrons. The van der Waals surface area contributed by atoms with Gasteiger partial charge in [0.25, 0.3) is 5.56 Å². The first-order valence-electron chi connectivity index (χ1n) is 4.02. The fraction of sp³-hybridized carbons (Fsp3) is 0.222. The van der Waals surface area contributed by atoms with Crippen LogP contribution in [0.1, 0.15) is 5.69 Å². The van der Waals surface area contributed by atoms with Gasteiger partial charge in [-0.2, -0.15) is 0 Å². The Morgan fingerprint density at radius 3 is 3.00 bits per heavy atom. The van der Waals surface area contributed by atoms with E-state index in [1.807, 2.05) is 0 Å². The predicted octanol–water partition coefficient (Wildman–Crippen LogP) is 0.193. The second-order valence-electron chi connectivity index (χ2n) is 2.76. The number of rotatable bonds is 3. The quantitative estimate of drug-likeness (QED) is 0.697. The summed E-state index contributed by atoms with van der Waals surface area (Å²) in [5, 5.41) is 8.32. The van der Waals surface area contributed by atoms with Crippen LogP contribution in [0.25, 0.3) is 0 Å². The predicted molar refractivity (Wildman–Crippen MR) is 50.0 cm³/mol. The molecule has 0 amide bonds.